The minimum atomic E-state index is 0.282. The largest absolute Gasteiger partial charge is 0.508 e. The minimum Gasteiger partial charge on any atom is -0.508 e. The average molecular weight is 214 g/mol. The van der Waals surface area contributed by atoms with Crippen molar-refractivity contribution in [2.24, 2.45) is 0 Å². The van der Waals surface area contributed by atoms with Crippen molar-refractivity contribution in [3.8, 4) is 22.6 Å². The van der Waals surface area contributed by atoms with Gasteiger partial charge in [0.05, 0.1) is 7.11 Å². The van der Waals surface area contributed by atoms with Crippen LogP contribution in [0.3, 0.4) is 0 Å². The molecule has 0 saturated carbocycles. The molecule has 2 rings (SSSR count). The van der Waals surface area contributed by atoms with E-state index >= 15 is 0 Å². The lowest BCUT2D eigenvalue weighted by Gasteiger charge is -2.08. The molecule has 2 aromatic carbocycles. The summed E-state index contributed by atoms with van der Waals surface area (Å²) in [7, 11) is 1.66. The number of benzene rings is 2. The Kier molecular flexibility index (Phi) is 2.82. The molecule has 82 valence electrons. The van der Waals surface area contributed by atoms with Gasteiger partial charge in [0, 0.05) is 0 Å². The normalized spacial score (nSPS) is 10.1. The van der Waals surface area contributed by atoms with Crippen molar-refractivity contribution in [3.05, 3.63) is 48.0 Å². The Bertz CT molecular complexity index is 487. The first-order valence-electron chi connectivity index (χ1n) is 5.15. The third kappa shape index (κ3) is 2.01. The number of hydrogen-bond donors (Lipinski definition) is 1. The van der Waals surface area contributed by atoms with Gasteiger partial charge in [0.2, 0.25) is 0 Å². The molecule has 0 amide bonds. The molecule has 0 atom stereocenters. The highest BCUT2D eigenvalue weighted by Crippen LogP contribution is 2.28. The summed E-state index contributed by atoms with van der Waals surface area (Å²) < 4.78 is 5.21. The molecule has 0 aromatic heterocycles. The van der Waals surface area contributed by atoms with E-state index in [4.69, 9.17) is 4.74 Å². The van der Waals surface area contributed by atoms with Gasteiger partial charge in [-0.1, -0.05) is 18.2 Å². The van der Waals surface area contributed by atoms with E-state index in [2.05, 4.69) is 6.92 Å². The highest BCUT2D eigenvalue weighted by molar-refractivity contribution is 5.69. The van der Waals surface area contributed by atoms with Crippen molar-refractivity contribution in [2.45, 2.75) is 6.92 Å². The molecular formula is C14H14O2. The van der Waals surface area contributed by atoms with E-state index in [1.165, 1.54) is 5.56 Å². The molecule has 0 saturated heterocycles. The van der Waals surface area contributed by atoms with Gasteiger partial charge in [-0.3, -0.25) is 0 Å². The van der Waals surface area contributed by atoms with Crippen LogP contribution >= 0.6 is 0 Å². The maximum Gasteiger partial charge on any atom is 0.119 e. The first-order valence-corrected chi connectivity index (χ1v) is 5.15. The quantitative estimate of drug-likeness (QED) is 0.830. The van der Waals surface area contributed by atoms with Gasteiger partial charge in [-0.05, 0) is 47.9 Å². The molecule has 1 N–H and O–H groups in total. The number of aromatic hydroxyl groups is 1. The molecular weight excluding hydrogens is 200 g/mol. The second-order valence-corrected chi connectivity index (χ2v) is 3.73. The van der Waals surface area contributed by atoms with Gasteiger partial charge < -0.3 is 9.84 Å². The van der Waals surface area contributed by atoms with Crippen molar-refractivity contribution in [3.63, 3.8) is 0 Å². The molecule has 0 aliphatic rings. The fourth-order valence-electron chi connectivity index (χ4n) is 1.68. The van der Waals surface area contributed by atoms with Gasteiger partial charge >= 0.3 is 0 Å². The van der Waals surface area contributed by atoms with E-state index in [0.717, 1.165) is 16.9 Å². The smallest absolute Gasteiger partial charge is 0.119 e. The summed E-state index contributed by atoms with van der Waals surface area (Å²) in [4.78, 5) is 0. The number of hydrogen-bond acceptors (Lipinski definition) is 2. The molecule has 0 fully saturated rings. The van der Waals surface area contributed by atoms with E-state index in [1.807, 2.05) is 30.3 Å². The summed E-state index contributed by atoms with van der Waals surface area (Å²) in [6.07, 6.45) is 0. The Labute approximate surface area is 95.1 Å². The van der Waals surface area contributed by atoms with Gasteiger partial charge in [0.15, 0.2) is 0 Å². The lowest BCUT2D eigenvalue weighted by Crippen LogP contribution is -1.87. The van der Waals surface area contributed by atoms with Crippen LogP contribution in [-0.2, 0) is 0 Å². The van der Waals surface area contributed by atoms with Crippen LogP contribution in [-0.4, -0.2) is 12.2 Å². The summed E-state index contributed by atoms with van der Waals surface area (Å²) in [5, 5.41) is 9.25. The maximum absolute atomic E-state index is 9.25. The van der Waals surface area contributed by atoms with Crippen LogP contribution in [0.5, 0.6) is 11.5 Å². The van der Waals surface area contributed by atoms with E-state index in [-0.39, 0.29) is 5.75 Å². The zero-order valence-electron chi connectivity index (χ0n) is 9.40. The Balaban J connectivity index is 2.50. The second kappa shape index (κ2) is 4.27. The summed E-state index contributed by atoms with van der Waals surface area (Å²) in [5.41, 5.74) is 3.39. The molecule has 0 radical (unpaired) electrons. The predicted octanol–water partition coefficient (Wildman–Crippen LogP) is 3.38. The zero-order valence-corrected chi connectivity index (χ0v) is 9.40. The Morgan fingerprint density at radius 2 is 1.69 bits per heavy atom. The molecule has 0 aliphatic heterocycles. The SMILES string of the molecule is COc1ccc(C)c(-c2ccc(O)cc2)c1. The number of aryl methyl sites for hydroxylation is 1. The molecule has 0 bridgehead atoms. The summed E-state index contributed by atoms with van der Waals surface area (Å²) in [6.45, 7) is 2.06. The number of methoxy groups -OCH3 is 1. The van der Waals surface area contributed by atoms with Crippen LogP contribution in [0.2, 0.25) is 0 Å². The van der Waals surface area contributed by atoms with Gasteiger partial charge in [-0.15, -0.1) is 0 Å². The second-order valence-electron chi connectivity index (χ2n) is 3.73. The maximum atomic E-state index is 9.25. The first kappa shape index (κ1) is 10.6. The van der Waals surface area contributed by atoms with E-state index in [9.17, 15) is 5.11 Å². The number of rotatable bonds is 2. The van der Waals surface area contributed by atoms with Crippen molar-refractivity contribution >= 4 is 0 Å². The molecule has 2 heteroatoms. The number of phenols is 1. The van der Waals surface area contributed by atoms with Crippen LogP contribution in [0.1, 0.15) is 5.56 Å². The van der Waals surface area contributed by atoms with E-state index in [0.29, 0.717) is 0 Å². The fourth-order valence-corrected chi connectivity index (χ4v) is 1.68. The van der Waals surface area contributed by atoms with Crippen molar-refractivity contribution in [1.29, 1.82) is 0 Å². The third-order valence-electron chi connectivity index (χ3n) is 2.62. The molecule has 2 aromatic rings. The fraction of sp³-hybridized carbons (Fsp3) is 0.143. The van der Waals surface area contributed by atoms with Crippen LogP contribution in [0.4, 0.5) is 0 Å². The highest BCUT2D eigenvalue weighted by Gasteiger charge is 2.03. The third-order valence-corrected chi connectivity index (χ3v) is 2.62. The molecule has 16 heavy (non-hydrogen) atoms. The van der Waals surface area contributed by atoms with Gasteiger partial charge in [0.1, 0.15) is 11.5 Å². The molecule has 0 unspecified atom stereocenters. The average Bonchev–Trinajstić information content (AvgIpc) is 2.31. The molecule has 0 heterocycles. The van der Waals surface area contributed by atoms with Crippen LogP contribution in [0.15, 0.2) is 42.5 Å². The number of ether oxygens (including phenoxy) is 1. The Morgan fingerprint density at radius 1 is 1.00 bits per heavy atom. The highest BCUT2D eigenvalue weighted by atomic mass is 16.5. The van der Waals surface area contributed by atoms with Gasteiger partial charge in [-0.2, -0.15) is 0 Å². The van der Waals surface area contributed by atoms with Gasteiger partial charge in [-0.25, -0.2) is 0 Å². The monoisotopic (exact) mass is 214 g/mol. The summed E-state index contributed by atoms with van der Waals surface area (Å²) in [5.74, 6) is 1.12. The van der Waals surface area contributed by atoms with Gasteiger partial charge in [0.25, 0.3) is 0 Å². The van der Waals surface area contributed by atoms with E-state index < -0.39 is 0 Å². The van der Waals surface area contributed by atoms with Crippen LogP contribution in [0.25, 0.3) is 11.1 Å². The standard InChI is InChI=1S/C14H14O2/c1-10-3-8-13(16-2)9-14(10)11-4-6-12(15)7-5-11/h3-9,15H,1-2H3. The topological polar surface area (TPSA) is 29.5 Å². The zero-order chi connectivity index (χ0) is 11.5. The minimum absolute atomic E-state index is 0.282. The predicted molar refractivity (Wildman–Crippen MR) is 64.8 cm³/mol. The molecule has 0 spiro atoms. The van der Waals surface area contributed by atoms with Crippen LogP contribution in [0, 0.1) is 6.92 Å². The van der Waals surface area contributed by atoms with Crippen molar-refractivity contribution < 1.29 is 9.84 Å². The molecule has 2 nitrogen and oxygen atoms in total. The Morgan fingerprint density at radius 3 is 2.31 bits per heavy atom. The lowest BCUT2D eigenvalue weighted by atomic mass is 10.0. The lowest BCUT2D eigenvalue weighted by molar-refractivity contribution is 0.415. The number of phenolic OH excluding ortho intramolecular Hbond substituents is 1. The Hall–Kier alpha value is -1.96. The molecule has 0 aliphatic carbocycles. The van der Waals surface area contributed by atoms with Crippen molar-refractivity contribution in [2.75, 3.05) is 7.11 Å². The summed E-state index contributed by atoms with van der Waals surface area (Å²) >= 11 is 0. The van der Waals surface area contributed by atoms with Crippen molar-refractivity contribution in [1.82, 2.24) is 0 Å². The first-order chi connectivity index (χ1) is 7.70. The van der Waals surface area contributed by atoms with Crippen LogP contribution < -0.4 is 4.74 Å². The van der Waals surface area contributed by atoms with E-state index in [1.54, 1.807) is 19.2 Å². The summed E-state index contributed by atoms with van der Waals surface area (Å²) in [6, 6.07) is 13.2.